The molecule has 0 spiro atoms. The second-order valence-electron chi connectivity index (χ2n) is 4.68. The van der Waals surface area contributed by atoms with Gasteiger partial charge in [-0.25, -0.2) is 0 Å². The molecule has 21 heavy (non-hydrogen) atoms. The van der Waals surface area contributed by atoms with Crippen molar-refractivity contribution in [1.82, 2.24) is 5.32 Å². The third-order valence-electron chi connectivity index (χ3n) is 2.96. The Balaban J connectivity index is 2.12. The lowest BCUT2D eigenvalue weighted by Crippen LogP contribution is -2.13. The molecule has 0 saturated heterocycles. The van der Waals surface area contributed by atoms with Crippen LogP contribution in [0.15, 0.2) is 52.3 Å². The van der Waals surface area contributed by atoms with Crippen molar-refractivity contribution < 1.29 is 0 Å². The van der Waals surface area contributed by atoms with Gasteiger partial charge in [-0.15, -0.1) is 0 Å². The van der Waals surface area contributed by atoms with Gasteiger partial charge >= 0.3 is 0 Å². The maximum absolute atomic E-state index is 9.33. The molecule has 0 aliphatic rings. The molecule has 0 aromatic heterocycles. The molecule has 0 radical (unpaired) electrons. The molecule has 0 aliphatic carbocycles. The van der Waals surface area contributed by atoms with Gasteiger partial charge in [0, 0.05) is 21.4 Å². The first-order chi connectivity index (χ1) is 10.2. The zero-order chi connectivity index (χ0) is 15.1. The Kier molecular flexibility index (Phi) is 6.13. The summed E-state index contributed by atoms with van der Waals surface area (Å²) in [6.45, 7) is 3.93. The zero-order valence-corrected chi connectivity index (χ0v) is 13.5. The number of halogens is 1. The minimum Gasteiger partial charge on any atom is -0.313 e. The van der Waals surface area contributed by atoms with Crippen molar-refractivity contribution in [2.24, 2.45) is 0 Å². The van der Waals surface area contributed by atoms with Crippen LogP contribution in [0.2, 0.25) is 5.02 Å². The second-order valence-corrected chi connectivity index (χ2v) is 6.23. The highest BCUT2D eigenvalue weighted by Crippen LogP contribution is 2.31. The van der Waals surface area contributed by atoms with Crippen LogP contribution in [0.25, 0.3) is 0 Å². The molecule has 0 unspecified atom stereocenters. The van der Waals surface area contributed by atoms with Crippen LogP contribution in [0, 0.1) is 11.3 Å². The lowest BCUT2D eigenvalue weighted by molar-refractivity contribution is 0.675. The van der Waals surface area contributed by atoms with E-state index in [1.54, 1.807) is 11.8 Å². The van der Waals surface area contributed by atoms with Crippen molar-refractivity contribution in [3.8, 4) is 6.07 Å². The van der Waals surface area contributed by atoms with Crippen LogP contribution in [0.3, 0.4) is 0 Å². The maximum Gasteiger partial charge on any atom is 0.100 e. The normalized spacial score (nSPS) is 10.3. The minimum atomic E-state index is 0.714. The molecule has 0 heterocycles. The fourth-order valence-corrected chi connectivity index (χ4v) is 2.91. The number of nitriles is 1. The molecule has 2 rings (SSSR count). The average Bonchev–Trinajstić information content (AvgIpc) is 2.51. The first-order valence-electron chi connectivity index (χ1n) is 6.90. The summed E-state index contributed by atoms with van der Waals surface area (Å²) < 4.78 is 0. The van der Waals surface area contributed by atoms with Gasteiger partial charge in [-0.05, 0) is 54.9 Å². The Labute approximate surface area is 135 Å². The fraction of sp³-hybridized carbons (Fsp3) is 0.235. The van der Waals surface area contributed by atoms with Crippen LogP contribution in [0.4, 0.5) is 0 Å². The van der Waals surface area contributed by atoms with E-state index in [-0.39, 0.29) is 0 Å². The number of hydrogen-bond donors (Lipinski definition) is 1. The molecule has 0 aliphatic heterocycles. The van der Waals surface area contributed by atoms with Gasteiger partial charge in [0.1, 0.15) is 6.07 Å². The van der Waals surface area contributed by atoms with Gasteiger partial charge in [-0.2, -0.15) is 5.26 Å². The summed E-state index contributed by atoms with van der Waals surface area (Å²) in [5.41, 5.74) is 1.85. The van der Waals surface area contributed by atoms with E-state index < -0.39 is 0 Å². The number of benzene rings is 2. The van der Waals surface area contributed by atoms with Gasteiger partial charge in [0.15, 0.2) is 0 Å². The number of rotatable bonds is 6. The summed E-state index contributed by atoms with van der Waals surface area (Å²) in [5.74, 6) is 0. The number of hydrogen-bond acceptors (Lipinski definition) is 3. The van der Waals surface area contributed by atoms with E-state index in [2.05, 4.69) is 24.4 Å². The van der Waals surface area contributed by atoms with Crippen molar-refractivity contribution in [2.45, 2.75) is 29.7 Å². The van der Waals surface area contributed by atoms with E-state index >= 15 is 0 Å². The van der Waals surface area contributed by atoms with Gasteiger partial charge < -0.3 is 5.32 Å². The quantitative estimate of drug-likeness (QED) is 0.773. The van der Waals surface area contributed by atoms with E-state index in [1.165, 1.54) is 0 Å². The minimum absolute atomic E-state index is 0.714. The largest absolute Gasteiger partial charge is 0.313 e. The van der Waals surface area contributed by atoms with Crippen molar-refractivity contribution in [2.75, 3.05) is 6.54 Å². The van der Waals surface area contributed by atoms with Crippen LogP contribution in [-0.2, 0) is 6.54 Å². The lowest BCUT2D eigenvalue weighted by atomic mass is 10.1. The molecule has 0 amide bonds. The smallest absolute Gasteiger partial charge is 0.100 e. The Bertz CT molecular complexity index is 632. The highest BCUT2D eigenvalue weighted by Gasteiger charge is 2.06. The van der Waals surface area contributed by atoms with Crippen LogP contribution < -0.4 is 5.32 Å². The molecule has 0 saturated carbocycles. The summed E-state index contributed by atoms with van der Waals surface area (Å²) in [5, 5.41) is 13.4. The molecule has 0 fully saturated rings. The summed E-state index contributed by atoms with van der Waals surface area (Å²) in [6.07, 6.45) is 1.11. The van der Waals surface area contributed by atoms with Crippen LogP contribution in [0.1, 0.15) is 24.5 Å². The average molecular weight is 317 g/mol. The van der Waals surface area contributed by atoms with Gasteiger partial charge in [0.2, 0.25) is 0 Å². The van der Waals surface area contributed by atoms with E-state index in [0.717, 1.165) is 39.9 Å². The van der Waals surface area contributed by atoms with Gasteiger partial charge in [0.05, 0.1) is 5.56 Å². The molecule has 4 heteroatoms. The molecule has 2 nitrogen and oxygen atoms in total. The van der Waals surface area contributed by atoms with Gasteiger partial charge in [-0.3, -0.25) is 0 Å². The second kappa shape index (κ2) is 8.09. The molecule has 1 N–H and O–H groups in total. The van der Waals surface area contributed by atoms with E-state index in [9.17, 15) is 5.26 Å². The van der Waals surface area contributed by atoms with Gasteiger partial charge in [0.25, 0.3) is 0 Å². The van der Waals surface area contributed by atoms with Crippen molar-refractivity contribution in [1.29, 1.82) is 5.26 Å². The van der Waals surface area contributed by atoms with Gasteiger partial charge in [-0.1, -0.05) is 36.4 Å². The SMILES string of the molecule is CCCNCc1ccc(Sc2ccc(Cl)cc2)c(C#N)c1. The standard InChI is InChI=1S/C17H17ClN2S/c1-2-9-20-12-13-3-8-17(14(10-13)11-19)21-16-6-4-15(18)5-7-16/h3-8,10,20H,2,9,12H2,1H3. The first kappa shape index (κ1) is 15.9. The molecule has 0 bridgehead atoms. The van der Waals surface area contributed by atoms with E-state index in [0.29, 0.717) is 5.56 Å². The summed E-state index contributed by atoms with van der Waals surface area (Å²) >= 11 is 7.47. The molecule has 2 aromatic rings. The fourth-order valence-electron chi connectivity index (χ4n) is 1.90. The third-order valence-corrected chi connectivity index (χ3v) is 4.30. The predicted octanol–water partition coefficient (Wildman–Crippen LogP) is 4.86. The van der Waals surface area contributed by atoms with E-state index in [4.69, 9.17) is 11.6 Å². The Morgan fingerprint density at radius 2 is 1.95 bits per heavy atom. The van der Waals surface area contributed by atoms with Crippen molar-refractivity contribution in [3.63, 3.8) is 0 Å². The predicted molar refractivity (Wildman–Crippen MR) is 88.7 cm³/mol. The van der Waals surface area contributed by atoms with Crippen LogP contribution >= 0.6 is 23.4 Å². The molecular formula is C17H17ClN2S. The first-order valence-corrected chi connectivity index (χ1v) is 8.09. The molecule has 0 atom stereocenters. The van der Waals surface area contributed by atoms with E-state index in [1.807, 2.05) is 36.4 Å². The zero-order valence-electron chi connectivity index (χ0n) is 11.9. The lowest BCUT2D eigenvalue weighted by Gasteiger charge is -2.08. The van der Waals surface area contributed by atoms with Crippen LogP contribution in [-0.4, -0.2) is 6.54 Å². The summed E-state index contributed by atoms with van der Waals surface area (Å²) in [4.78, 5) is 2.05. The third kappa shape index (κ3) is 4.78. The summed E-state index contributed by atoms with van der Waals surface area (Å²) in [6, 6.07) is 16.0. The Morgan fingerprint density at radius 1 is 1.19 bits per heavy atom. The highest BCUT2D eigenvalue weighted by molar-refractivity contribution is 7.99. The maximum atomic E-state index is 9.33. The number of nitrogens with zero attached hydrogens (tertiary/aromatic N) is 1. The Hall–Kier alpha value is -1.47. The highest BCUT2D eigenvalue weighted by atomic mass is 35.5. The van der Waals surface area contributed by atoms with Crippen molar-refractivity contribution >= 4 is 23.4 Å². The molecule has 2 aromatic carbocycles. The van der Waals surface area contributed by atoms with Crippen LogP contribution in [0.5, 0.6) is 0 Å². The topological polar surface area (TPSA) is 35.8 Å². The Morgan fingerprint density at radius 3 is 2.62 bits per heavy atom. The molecular weight excluding hydrogens is 300 g/mol. The number of nitrogens with one attached hydrogen (secondary N) is 1. The summed E-state index contributed by atoms with van der Waals surface area (Å²) in [7, 11) is 0. The van der Waals surface area contributed by atoms with Crippen molar-refractivity contribution in [3.05, 3.63) is 58.6 Å². The molecule has 108 valence electrons. The monoisotopic (exact) mass is 316 g/mol.